The molecule has 1 aliphatic heterocycles. The summed E-state index contributed by atoms with van der Waals surface area (Å²) in [6.07, 6.45) is 3.59. The Morgan fingerprint density at radius 3 is 2.23 bits per heavy atom. The van der Waals surface area contributed by atoms with Crippen molar-refractivity contribution >= 4 is 21.8 Å². The number of Topliss-reactive ketones (excluding diaryl/α,β-unsaturated/α-hetero) is 1. The van der Waals surface area contributed by atoms with Crippen LogP contribution < -0.4 is 0 Å². The first-order valence-electron chi connectivity index (χ1n) is 10.8. The van der Waals surface area contributed by atoms with Gasteiger partial charge in [-0.1, -0.05) is 50.1 Å². The topological polar surface area (TPSA) is 80.8 Å². The van der Waals surface area contributed by atoms with Crippen LogP contribution in [0.3, 0.4) is 0 Å². The van der Waals surface area contributed by atoms with Crippen LogP contribution in [0.2, 0.25) is 0 Å². The Morgan fingerprint density at radius 2 is 1.61 bits per heavy atom. The van der Waals surface area contributed by atoms with Gasteiger partial charge in [0.15, 0.2) is 6.10 Å². The lowest BCUT2D eigenvalue weighted by atomic mass is 10.0. The van der Waals surface area contributed by atoms with Crippen molar-refractivity contribution in [3.8, 4) is 0 Å². The highest BCUT2D eigenvalue weighted by atomic mass is 32.2. The number of benzene rings is 2. The van der Waals surface area contributed by atoms with Crippen molar-refractivity contribution in [2.75, 3.05) is 13.1 Å². The lowest BCUT2D eigenvalue weighted by Gasteiger charge is -2.20. The van der Waals surface area contributed by atoms with Gasteiger partial charge in [0.25, 0.3) is 0 Å². The Balaban J connectivity index is 1.72. The molecule has 1 heterocycles. The summed E-state index contributed by atoms with van der Waals surface area (Å²) in [5.74, 6) is -1.02. The summed E-state index contributed by atoms with van der Waals surface area (Å²) < 4.78 is 32.8. The van der Waals surface area contributed by atoms with Crippen LogP contribution >= 0.6 is 0 Å². The SMILES string of the molecule is CCc1ccc(C(=O)C(C)OC(=O)c2cccc(S(=O)(=O)N3CCCCCC3)c2)cc1. The average molecular weight is 444 g/mol. The molecule has 1 saturated heterocycles. The third-order valence-corrected chi connectivity index (χ3v) is 7.47. The second-order valence-electron chi connectivity index (χ2n) is 7.81. The zero-order valence-electron chi connectivity index (χ0n) is 18.0. The van der Waals surface area contributed by atoms with Crippen LogP contribution in [0.5, 0.6) is 0 Å². The summed E-state index contributed by atoms with van der Waals surface area (Å²) >= 11 is 0. The van der Waals surface area contributed by atoms with Crippen molar-refractivity contribution in [1.82, 2.24) is 4.31 Å². The number of hydrogen-bond acceptors (Lipinski definition) is 5. The Morgan fingerprint density at radius 1 is 0.968 bits per heavy atom. The number of rotatable bonds is 7. The zero-order valence-corrected chi connectivity index (χ0v) is 18.9. The number of esters is 1. The van der Waals surface area contributed by atoms with E-state index in [1.807, 2.05) is 19.1 Å². The van der Waals surface area contributed by atoms with E-state index < -0.39 is 22.1 Å². The van der Waals surface area contributed by atoms with Gasteiger partial charge in [-0.15, -0.1) is 0 Å². The first kappa shape index (κ1) is 23.2. The van der Waals surface area contributed by atoms with Crippen molar-refractivity contribution in [1.29, 1.82) is 0 Å². The molecular formula is C24H29NO5S. The van der Waals surface area contributed by atoms with Crippen LogP contribution in [0.4, 0.5) is 0 Å². The molecule has 0 aliphatic carbocycles. The van der Waals surface area contributed by atoms with Gasteiger partial charge in [-0.05, 0) is 49.9 Å². The van der Waals surface area contributed by atoms with Crippen LogP contribution in [0.15, 0.2) is 53.4 Å². The van der Waals surface area contributed by atoms with Gasteiger partial charge in [-0.3, -0.25) is 4.79 Å². The standard InChI is InChI=1S/C24H29NO5S/c1-3-19-11-13-20(14-12-19)23(26)18(2)30-24(27)21-9-8-10-22(17-21)31(28,29)25-15-6-4-5-7-16-25/h8-14,17-18H,3-7,15-16H2,1-2H3. The summed E-state index contributed by atoms with van der Waals surface area (Å²) in [5, 5.41) is 0. The first-order valence-corrected chi connectivity index (χ1v) is 12.2. The zero-order chi connectivity index (χ0) is 22.4. The largest absolute Gasteiger partial charge is 0.451 e. The maximum Gasteiger partial charge on any atom is 0.338 e. The molecule has 1 fully saturated rings. The Hall–Kier alpha value is -2.51. The Bertz CT molecular complexity index is 1020. The number of hydrogen-bond donors (Lipinski definition) is 0. The molecule has 0 aromatic heterocycles. The highest BCUT2D eigenvalue weighted by molar-refractivity contribution is 7.89. The molecule has 6 nitrogen and oxygen atoms in total. The van der Waals surface area contributed by atoms with Crippen LogP contribution in [0, 0.1) is 0 Å². The maximum absolute atomic E-state index is 13.0. The van der Waals surface area contributed by atoms with Crippen molar-refractivity contribution in [2.24, 2.45) is 0 Å². The fraction of sp³-hybridized carbons (Fsp3) is 0.417. The lowest BCUT2D eigenvalue weighted by molar-refractivity contribution is 0.0318. The van der Waals surface area contributed by atoms with E-state index >= 15 is 0 Å². The van der Waals surface area contributed by atoms with Gasteiger partial charge in [0.2, 0.25) is 15.8 Å². The molecule has 1 atom stereocenters. The fourth-order valence-corrected chi connectivity index (χ4v) is 5.20. The molecular weight excluding hydrogens is 414 g/mol. The summed E-state index contributed by atoms with van der Waals surface area (Å²) in [6, 6.07) is 13.0. The molecule has 0 radical (unpaired) electrons. The first-order chi connectivity index (χ1) is 14.8. The highest BCUT2D eigenvalue weighted by Crippen LogP contribution is 2.22. The van der Waals surface area contributed by atoms with E-state index in [9.17, 15) is 18.0 Å². The Kier molecular flexibility index (Phi) is 7.62. The lowest BCUT2D eigenvalue weighted by Crippen LogP contribution is -2.32. The third kappa shape index (κ3) is 5.60. The summed E-state index contributed by atoms with van der Waals surface area (Å²) in [4.78, 5) is 25.3. The molecule has 1 aliphatic rings. The average Bonchev–Trinajstić information content (AvgIpc) is 3.09. The number of ether oxygens (including phenoxy) is 1. The highest BCUT2D eigenvalue weighted by Gasteiger charge is 2.27. The predicted octanol–water partition coefficient (Wildman–Crippen LogP) is 4.24. The predicted molar refractivity (Wildman–Crippen MR) is 119 cm³/mol. The summed E-state index contributed by atoms with van der Waals surface area (Å²) in [5.41, 5.74) is 1.69. The summed E-state index contributed by atoms with van der Waals surface area (Å²) in [7, 11) is -3.68. The molecule has 166 valence electrons. The molecule has 0 amide bonds. The van der Waals surface area contributed by atoms with E-state index in [0.717, 1.165) is 37.7 Å². The fourth-order valence-electron chi connectivity index (χ4n) is 3.64. The van der Waals surface area contributed by atoms with Gasteiger partial charge in [-0.25, -0.2) is 13.2 Å². The minimum atomic E-state index is -3.68. The number of aryl methyl sites for hydroxylation is 1. The molecule has 2 aromatic carbocycles. The number of nitrogens with zero attached hydrogens (tertiary/aromatic N) is 1. The van der Waals surface area contributed by atoms with Crippen LogP contribution in [-0.4, -0.2) is 43.7 Å². The normalized spacial score (nSPS) is 16.3. The van der Waals surface area contributed by atoms with E-state index in [2.05, 4.69) is 0 Å². The molecule has 0 N–H and O–H groups in total. The molecule has 31 heavy (non-hydrogen) atoms. The van der Waals surface area contributed by atoms with Crippen LogP contribution in [-0.2, 0) is 21.2 Å². The van der Waals surface area contributed by atoms with E-state index in [1.54, 1.807) is 12.1 Å². The van der Waals surface area contributed by atoms with Gasteiger partial charge < -0.3 is 4.74 Å². The number of carbonyl (C=O) groups excluding carboxylic acids is 2. The van der Waals surface area contributed by atoms with E-state index in [4.69, 9.17) is 4.74 Å². The number of ketones is 1. The van der Waals surface area contributed by atoms with Crippen molar-refractivity contribution in [2.45, 2.75) is 57.0 Å². The molecule has 0 spiro atoms. The number of sulfonamides is 1. The van der Waals surface area contributed by atoms with Gasteiger partial charge >= 0.3 is 5.97 Å². The quantitative estimate of drug-likeness (QED) is 0.472. The summed E-state index contributed by atoms with van der Waals surface area (Å²) in [6.45, 7) is 4.52. The van der Waals surface area contributed by atoms with Crippen LogP contribution in [0.25, 0.3) is 0 Å². The van der Waals surface area contributed by atoms with Gasteiger partial charge in [-0.2, -0.15) is 4.31 Å². The van der Waals surface area contributed by atoms with Crippen molar-refractivity contribution in [3.63, 3.8) is 0 Å². The van der Waals surface area contributed by atoms with Gasteiger partial charge in [0.1, 0.15) is 0 Å². The minimum absolute atomic E-state index is 0.0676. The minimum Gasteiger partial charge on any atom is -0.451 e. The monoisotopic (exact) mass is 443 g/mol. The van der Waals surface area contributed by atoms with Crippen molar-refractivity contribution in [3.05, 3.63) is 65.2 Å². The third-order valence-electron chi connectivity index (χ3n) is 5.57. The van der Waals surface area contributed by atoms with E-state index in [1.165, 1.54) is 35.5 Å². The molecule has 1 unspecified atom stereocenters. The molecule has 0 saturated carbocycles. The Labute approximate surface area is 184 Å². The van der Waals surface area contributed by atoms with E-state index in [-0.39, 0.29) is 16.2 Å². The molecule has 7 heteroatoms. The van der Waals surface area contributed by atoms with Crippen LogP contribution in [0.1, 0.15) is 65.8 Å². The van der Waals surface area contributed by atoms with Gasteiger partial charge in [0.05, 0.1) is 10.5 Å². The molecule has 0 bridgehead atoms. The van der Waals surface area contributed by atoms with E-state index in [0.29, 0.717) is 18.7 Å². The van der Waals surface area contributed by atoms with Gasteiger partial charge in [0, 0.05) is 18.7 Å². The number of carbonyl (C=O) groups is 2. The second-order valence-corrected chi connectivity index (χ2v) is 9.75. The maximum atomic E-state index is 13.0. The smallest absolute Gasteiger partial charge is 0.338 e. The second kappa shape index (κ2) is 10.2. The molecule has 2 aromatic rings. The van der Waals surface area contributed by atoms with Crippen molar-refractivity contribution < 1.29 is 22.7 Å². The molecule has 3 rings (SSSR count).